The van der Waals surface area contributed by atoms with Crippen LogP contribution in [0.25, 0.3) is 0 Å². The van der Waals surface area contributed by atoms with Crippen LogP contribution in [0.2, 0.25) is 0 Å². The maximum atomic E-state index is 13.4. The van der Waals surface area contributed by atoms with Gasteiger partial charge < -0.3 is 15.2 Å². The van der Waals surface area contributed by atoms with Crippen molar-refractivity contribution in [3.8, 4) is 0 Å². The summed E-state index contributed by atoms with van der Waals surface area (Å²) in [4.78, 5) is 18.7. The number of anilines is 1. The molecule has 9 heteroatoms. The molecule has 1 heterocycles. The molecule has 7 nitrogen and oxygen atoms in total. The standard InChI is InChI=1S/C23H30N2O5S2/c1-2-20(30-16-5-3-4-6-16)21(22(27)25-23-24-13-17(14-26)31-23)15-7-9-18(10-8-15)32(28,29)19-11-12-19/h7-10,13,16,19-21,26H,2-6,11-12,14H2,1H3,(H-,24,25,27,28,29)/p+1. The van der Waals surface area contributed by atoms with Gasteiger partial charge in [-0.05, 0) is 37.0 Å². The van der Waals surface area contributed by atoms with E-state index in [9.17, 15) is 18.7 Å². The smallest absolute Gasteiger partial charge is 0.250 e. The zero-order valence-electron chi connectivity index (χ0n) is 18.2. The van der Waals surface area contributed by atoms with E-state index in [1.165, 1.54) is 11.3 Å². The maximum Gasteiger partial charge on any atom is 0.250 e. The second kappa shape index (κ2) is 10.1. The monoisotopic (exact) mass is 479 g/mol. The van der Waals surface area contributed by atoms with Crippen LogP contribution in [0, 0.1) is 0 Å². The van der Waals surface area contributed by atoms with E-state index in [4.69, 9.17) is 4.74 Å². The van der Waals surface area contributed by atoms with Crippen molar-refractivity contribution >= 4 is 32.6 Å². The highest BCUT2D eigenvalue weighted by atomic mass is 32.3. The molecule has 0 bridgehead atoms. The number of rotatable bonds is 10. The van der Waals surface area contributed by atoms with E-state index in [0.29, 0.717) is 21.3 Å². The molecule has 1 amide bonds. The molecule has 2 aliphatic rings. The highest BCUT2D eigenvalue weighted by molar-refractivity contribution is 7.98. The topological polar surface area (TPSA) is 109 Å². The third-order valence-electron chi connectivity index (χ3n) is 6.22. The normalized spacial score (nSPS) is 20.6. The highest BCUT2D eigenvalue weighted by Gasteiger charge is 2.48. The van der Waals surface area contributed by atoms with E-state index in [0.717, 1.165) is 44.1 Å². The lowest BCUT2D eigenvalue weighted by Crippen LogP contribution is -2.34. The summed E-state index contributed by atoms with van der Waals surface area (Å²) < 4.78 is 29.5. The first-order valence-electron chi connectivity index (χ1n) is 11.3. The van der Waals surface area contributed by atoms with Crippen molar-refractivity contribution in [2.75, 3.05) is 5.32 Å². The number of aromatic nitrogens is 1. The van der Waals surface area contributed by atoms with Crippen LogP contribution in [0.4, 0.5) is 5.13 Å². The molecule has 0 radical (unpaired) electrons. The van der Waals surface area contributed by atoms with Gasteiger partial charge in [-0.2, -0.15) is 4.55 Å². The van der Waals surface area contributed by atoms with Crippen LogP contribution in [0.15, 0.2) is 35.4 Å². The van der Waals surface area contributed by atoms with E-state index in [-0.39, 0.29) is 30.0 Å². The van der Waals surface area contributed by atoms with Crippen molar-refractivity contribution in [2.45, 2.75) is 86.7 Å². The van der Waals surface area contributed by atoms with Crippen LogP contribution in [0.3, 0.4) is 0 Å². The number of aliphatic hydroxyl groups is 1. The zero-order chi connectivity index (χ0) is 22.7. The number of amides is 1. The Morgan fingerprint density at radius 1 is 1.25 bits per heavy atom. The minimum Gasteiger partial charge on any atom is -0.391 e. The molecule has 3 N–H and O–H groups in total. The SMILES string of the molecule is CCC(OC1CCCC1)C(C(=O)Nc1ncc(CO)s1)c1ccc([S+](=O)(O)C2CC2)cc1. The minimum absolute atomic E-state index is 0.123. The summed E-state index contributed by atoms with van der Waals surface area (Å²) >= 11 is 1.24. The Hall–Kier alpha value is -1.65. The van der Waals surface area contributed by atoms with Crippen LogP contribution in [-0.2, 0) is 30.6 Å². The molecular weight excluding hydrogens is 448 g/mol. The summed E-state index contributed by atoms with van der Waals surface area (Å²) in [5, 5.41) is 12.4. The van der Waals surface area contributed by atoms with Gasteiger partial charge in [0, 0.05) is 19.0 Å². The van der Waals surface area contributed by atoms with Crippen molar-refractivity contribution in [2.24, 2.45) is 0 Å². The fourth-order valence-electron chi connectivity index (χ4n) is 4.29. The van der Waals surface area contributed by atoms with Gasteiger partial charge in [0.05, 0.1) is 29.6 Å². The van der Waals surface area contributed by atoms with Crippen LogP contribution in [0.5, 0.6) is 0 Å². The first kappa shape index (κ1) is 23.5. The molecular formula is C23H31N2O5S2+. The second-order valence-electron chi connectivity index (χ2n) is 8.58. The molecule has 4 rings (SSSR count). The average Bonchev–Trinajstić information content (AvgIpc) is 3.37. The molecule has 1 aromatic heterocycles. The maximum absolute atomic E-state index is 13.4. The van der Waals surface area contributed by atoms with Gasteiger partial charge in [0.2, 0.25) is 5.91 Å². The molecule has 2 aromatic rings. The van der Waals surface area contributed by atoms with Crippen molar-refractivity contribution in [1.29, 1.82) is 0 Å². The lowest BCUT2D eigenvalue weighted by Gasteiger charge is -2.28. The molecule has 2 aliphatic carbocycles. The van der Waals surface area contributed by atoms with E-state index < -0.39 is 16.1 Å². The lowest BCUT2D eigenvalue weighted by molar-refractivity contribution is -0.123. The van der Waals surface area contributed by atoms with Gasteiger partial charge in [-0.1, -0.05) is 47.4 Å². The number of hydrogen-bond acceptors (Lipinski definition) is 6. The quantitative estimate of drug-likeness (QED) is 0.430. The molecule has 0 aliphatic heterocycles. The fourth-order valence-corrected chi connectivity index (χ4v) is 6.65. The first-order valence-corrected chi connectivity index (χ1v) is 13.7. The van der Waals surface area contributed by atoms with E-state index >= 15 is 0 Å². The number of hydrogen-bond donors (Lipinski definition) is 3. The molecule has 32 heavy (non-hydrogen) atoms. The average molecular weight is 480 g/mol. The van der Waals surface area contributed by atoms with Gasteiger partial charge in [-0.3, -0.25) is 4.79 Å². The predicted molar refractivity (Wildman–Crippen MR) is 125 cm³/mol. The van der Waals surface area contributed by atoms with E-state index in [2.05, 4.69) is 10.3 Å². The highest BCUT2D eigenvalue weighted by Crippen LogP contribution is 2.38. The Morgan fingerprint density at radius 2 is 1.94 bits per heavy atom. The predicted octanol–water partition coefficient (Wildman–Crippen LogP) is 4.59. The Morgan fingerprint density at radius 3 is 2.50 bits per heavy atom. The number of aliphatic hydroxyl groups excluding tert-OH is 1. The third-order valence-corrected chi connectivity index (χ3v) is 9.44. The van der Waals surface area contributed by atoms with Gasteiger partial charge in [0.25, 0.3) is 10.2 Å². The van der Waals surface area contributed by atoms with E-state index in [1.54, 1.807) is 30.5 Å². The summed E-state index contributed by atoms with van der Waals surface area (Å²) in [6, 6.07) is 6.90. The number of carbonyl (C=O) groups is 1. The third kappa shape index (κ3) is 5.28. The zero-order valence-corrected chi connectivity index (χ0v) is 19.9. The summed E-state index contributed by atoms with van der Waals surface area (Å²) in [6.45, 7) is 1.89. The minimum atomic E-state index is -3.04. The Bertz CT molecular complexity index is 967. The lowest BCUT2D eigenvalue weighted by atomic mass is 9.90. The van der Waals surface area contributed by atoms with Crippen molar-refractivity contribution in [3.05, 3.63) is 40.9 Å². The van der Waals surface area contributed by atoms with Gasteiger partial charge in [0.15, 0.2) is 15.3 Å². The number of nitrogens with zero attached hydrogens (tertiary/aromatic N) is 1. The van der Waals surface area contributed by atoms with Crippen molar-refractivity contribution in [1.82, 2.24) is 4.98 Å². The van der Waals surface area contributed by atoms with Gasteiger partial charge in [-0.15, -0.1) is 0 Å². The van der Waals surface area contributed by atoms with Crippen LogP contribution >= 0.6 is 11.3 Å². The summed E-state index contributed by atoms with van der Waals surface area (Å²) in [5.41, 5.74) is 0.751. The van der Waals surface area contributed by atoms with Crippen LogP contribution in [-0.4, -0.2) is 38.0 Å². The van der Waals surface area contributed by atoms with Crippen molar-refractivity contribution < 1.29 is 23.4 Å². The summed E-state index contributed by atoms with van der Waals surface area (Å²) in [6.07, 6.45) is 7.89. The number of nitrogens with one attached hydrogen (secondary N) is 1. The molecule has 2 saturated carbocycles. The van der Waals surface area contributed by atoms with Crippen LogP contribution < -0.4 is 5.32 Å². The first-order chi connectivity index (χ1) is 15.4. The number of benzene rings is 1. The largest absolute Gasteiger partial charge is 0.391 e. The molecule has 3 unspecified atom stereocenters. The van der Waals surface area contributed by atoms with Gasteiger partial charge in [-0.25, -0.2) is 4.98 Å². The molecule has 3 atom stereocenters. The van der Waals surface area contributed by atoms with Crippen LogP contribution in [0.1, 0.15) is 68.2 Å². The Balaban J connectivity index is 1.59. The van der Waals surface area contributed by atoms with E-state index in [1.807, 2.05) is 6.92 Å². The second-order valence-corrected chi connectivity index (χ2v) is 12.0. The Labute approximate surface area is 193 Å². The van der Waals surface area contributed by atoms with Gasteiger partial charge in [0.1, 0.15) is 0 Å². The summed E-state index contributed by atoms with van der Waals surface area (Å²) in [5.74, 6) is -0.805. The fraction of sp³-hybridized carbons (Fsp3) is 0.565. The molecule has 174 valence electrons. The van der Waals surface area contributed by atoms with Gasteiger partial charge >= 0.3 is 0 Å². The number of ether oxygens (including phenoxy) is 1. The van der Waals surface area contributed by atoms with Crippen molar-refractivity contribution in [3.63, 3.8) is 0 Å². The molecule has 0 saturated heterocycles. The summed E-state index contributed by atoms with van der Waals surface area (Å²) in [7, 11) is -3.04. The molecule has 0 spiro atoms. The number of carbonyl (C=O) groups excluding carboxylic acids is 1. The molecule has 1 aromatic carbocycles. The number of thiazole rings is 1. The Kier molecular flexibility index (Phi) is 7.41. The molecule has 2 fully saturated rings.